The molecule has 0 aliphatic rings. The predicted octanol–water partition coefficient (Wildman–Crippen LogP) is 5.53. The van der Waals surface area contributed by atoms with Gasteiger partial charge in [-0.2, -0.15) is 0 Å². The van der Waals surface area contributed by atoms with Gasteiger partial charge in [-0.25, -0.2) is 4.79 Å². The monoisotopic (exact) mass is 430 g/mol. The second-order valence-electron chi connectivity index (χ2n) is 5.03. The predicted molar refractivity (Wildman–Crippen MR) is 105 cm³/mol. The van der Waals surface area contributed by atoms with Crippen molar-refractivity contribution in [2.45, 2.75) is 6.92 Å². The molecule has 0 N–H and O–H groups in total. The van der Waals surface area contributed by atoms with Gasteiger partial charge in [0.2, 0.25) is 5.76 Å². The van der Waals surface area contributed by atoms with E-state index in [0.717, 1.165) is 0 Å². The molecule has 0 aliphatic heterocycles. The first kappa shape index (κ1) is 21.2. The zero-order chi connectivity index (χ0) is 19.6. The Hall–Kier alpha value is -2.08. The Kier molecular flexibility index (Phi) is 8.58. The van der Waals surface area contributed by atoms with Gasteiger partial charge in [0.1, 0.15) is 31.0 Å². The van der Waals surface area contributed by atoms with Crippen molar-refractivity contribution in [1.29, 1.82) is 0 Å². The Balaban J connectivity index is 1.92. The van der Waals surface area contributed by atoms with Crippen molar-refractivity contribution in [3.05, 3.63) is 69.6 Å². The molecule has 0 saturated heterocycles. The van der Waals surface area contributed by atoms with E-state index in [4.69, 9.17) is 53.8 Å². The first-order chi connectivity index (χ1) is 13.0. The summed E-state index contributed by atoms with van der Waals surface area (Å²) >= 11 is 17.8. The van der Waals surface area contributed by atoms with Crippen LogP contribution in [0.4, 0.5) is 0 Å². The highest BCUT2D eigenvalue weighted by Crippen LogP contribution is 2.33. The van der Waals surface area contributed by atoms with Gasteiger partial charge in [-0.15, -0.1) is 0 Å². The molecular formula is C19H17Cl3O5. The molecule has 27 heavy (non-hydrogen) atoms. The lowest BCUT2D eigenvalue weighted by atomic mass is 10.3. The van der Waals surface area contributed by atoms with Crippen LogP contribution in [0.3, 0.4) is 0 Å². The number of benzene rings is 2. The molecule has 0 aromatic heterocycles. The molecule has 0 amide bonds. The van der Waals surface area contributed by atoms with E-state index in [1.165, 1.54) is 18.4 Å². The molecule has 2 aromatic rings. The average Bonchev–Trinajstić information content (AvgIpc) is 2.65. The van der Waals surface area contributed by atoms with Crippen LogP contribution in [0.15, 0.2) is 54.5 Å². The average molecular weight is 432 g/mol. The van der Waals surface area contributed by atoms with E-state index in [-0.39, 0.29) is 25.6 Å². The summed E-state index contributed by atoms with van der Waals surface area (Å²) in [4.78, 5) is 12.0. The number of carbonyl (C=O) groups is 1. The minimum Gasteiger partial charge on any atom is -0.493 e. The Labute approximate surface area is 172 Å². The van der Waals surface area contributed by atoms with Gasteiger partial charge < -0.3 is 18.9 Å². The Bertz CT molecular complexity index is 793. The van der Waals surface area contributed by atoms with Crippen molar-refractivity contribution in [2.75, 3.05) is 19.8 Å². The summed E-state index contributed by atoms with van der Waals surface area (Å²) in [6.07, 6.45) is 1.19. The lowest BCUT2D eigenvalue weighted by Crippen LogP contribution is -2.14. The fourth-order valence-corrected chi connectivity index (χ4v) is 2.47. The summed E-state index contributed by atoms with van der Waals surface area (Å²) in [6, 6.07) is 11.8. The topological polar surface area (TPSA) is 54.0 Å². The summed E-state index contributed by atoms with van der Waals surface area (Å²) in [5.41, 5.74) is 0. The molecule has 2 aromatic carbocycles. The van der Waals surface area contributed by atoms with Crippen LogP contribution >= 0.6 is 34.8 Å². The minimum atomic E-state index is -0.630. The maximum atomic E-state index is 12.0. The second-order valence-corrected chi connectivity index (χ2v) is 6.26. The Morgan fingerprint density at radius 2 is 1.70 bits per heavy atom. The summed E-state index contributed by atoms with van der Waals surface area (Å²) in [5.74, 6) is 0.162. The Morgan fingerprint density at radius 1 is 1.00 bits per heavy atom. The van der Waals surface area contributed by atoms with Crippen molar-refractivity contribution in [3.63, 3.8) is 0 Å². The van der Waals surface area contributed by atoms with Gasteiger partial charge >= 0.3 is 5.97 Å². The van der Waals surface area contributed by atoms with Gasteiger partial charge in [0.25, 0.3) is 0 Å². The minimum absolute atomic E-state index is 0.0735. The number of rotatable bonds is 9. The molecule has 0 unspecified atom stereocenters. The van der Waals surface area contributed by atoms with Crippen LogP contribution in [0, 0.1) is 0 Å². The van der Waals surface area contributed by atoms with Crippen LogP contribution < -0.4 is 9.47 Å². The molecule has 8 heteroatoms. The number of ether oxygens (including phenoxy) is 4. The number of para-hydroxylation sites is 1. The molecule has 0 heterocycles. The first-order valence-electron chi connectivity index (χ1n) is 8.00. The quantitative estimate of drug-likeness (QED) is 0.172. The number of halogens is 3. The third kappa shape index (κ3) is 6.86. The van der Waals surface area contributed by atoms with E-state index in [9.17, 15) is 4.79 Å². The van der Waals surface area contributed by atoms with Gasteiger partial charge in [0.05, 0.1) is 21.7 Å². The maximum absolute atomic E-state index is 12.0. The van der Waals surface area contributed by atoms with Crippen molar-refractivity contribution in [1.82, 2.24) is 0 Å². The molecule has 0 aliphatic carbocycles. The van der Waals surface area contributed by atoms with Crippen molar-refractivity contribution in [2.24, 2.45) is 0 Å². The lowest BCUT2D eigenvalue weighted by molar-refractivity contribution is -0.141. The van der Waals surface area contributed by atoms with Gasteiger partial charge in [-0.1, -0.05) is 53.0 Å². The van der Waals surface area contributed by atoms with Gasteiger partial charge in [-0.05, 0) is 25.1 Å². The molecule has 0 fully saturated rings. The normalized spacial score (nSPS) is 11.0. The van der Waals surface area contributed by atoms with E-state index < -0.39 is 5.97 Å². The van der Waals surface area contributed by atoms with E-state index in [2.05, 4.69) is 0 Å². The van der Waals surface area contributed by atoms with Gasteiger partial charge in [-0.3, -0.25) is 0 Å². The third-order valence-electron chi connectivity index (χ3n) is 3.07. The van der Waals surface area contributed by atoms with Crippen molar-refractivity contribution < 1.29 is 23.7 Å². The van der Waals surface area contributed by atoms with E-state index in [1.54, 1.807) is 31.2 Å². The molecule has 2 rings (SSSR count). The highest BCUT2D eigenvalue weighted by atomic mass is 35.5. The van der Waals surface area contributed by atoms with Gasteiger partial charge in [0, 0.05) is 6.07 Å². The molecule has 0 atom stereocenters. The molecular weight excluding hydrogens is 415 g/mol. The fourth-order valence-electron chi connectivity index (χ4n) is 1.88. The van der Waals surface area contributed by atoms with E-state index in [0.29, 0.717) is 26.6 Å². The molecule has 0 bridgehead atoms. The van der Waals surface area contributed by atoms with E-state index in [1.807, 2.05) is 6.07 Å². The van der Waals surface area contributed by atoms with Crippen LogP contribution in [0.2, 0.25) is 15.1 Å². The first-order valence-corrected chi connectivity index (χ1v) is 9.13. The number of carbonyl (C=O) groups excluding carboxylic acids is 1. The summed E-state index contributed by atoms with van der Waals surface area (Å²) in [5, 5.41) is 1.00. The standard InChI is InChI=1S/C19H17Cl3O5/c1-2-25-19(23)18(27-13-6-4-3-5-7-13)12-24-8-9-26-17-11-15(21)14(20)10-16(17)22/h3-7,10-12H,2,8-9H2,1H3. The highest BCUT2D eigenvalue weighted by molar-refractivity contribution is 6.43. The summed E-state index contributed by atoms with van der Waals surface area (Å²) in [6.45, 7) is 2.22. The molecule has 144 valence electrons. The third-order valence-corrected chi connectivity index (χ3v) is 4.09. The van der Waals surface area contributed by atoms with Gasteiger partial charge in [0.15, 0.2) is 0 Å². The van der Waals surface area contributed by atoms with Crippen LogP contribution in [-0.2, 0) is 14.3 Å². The smallest absolute Gasteiger partial charge is 0.377 e. The molecule has 0 saturated carbocycles. The largest absolute Gasteiger partial charge is 0.493 e. The van der Waals surface area contributed by atoms with Crippen LogP contribution in [0.5, 0.6) is 11.5 Å². The van der Waals surface area contributed by atoms with E-state index >= 15 is 0 Å². The zero-order valence-corrected chi connectivity index (χ0v) is 16.7. The lowest BCUT2D eigenvalue weighted by Gasteiger charge is -2.11. The Morgan fingerprint density at radius 3 is 2.41 bits per heavy atom. The summed E-state index contributed by atoms with van der Waals surface area (Å²) < 4.78 is 21.3. The maximum Gasteiger partial charge on any atom is 0.377 e. The number of hydrogen-bond acceptors (Lipinski definition) is 5. The second kappa shape index (κ2) is 10.9. The number of hydrogen-bond donors (Lipinski definition) is 0. The highest BCUT2D eigenvalue weighted by Gasteiger charge is 2.14. The molecule has 5 nitrogen and oxygen atoms in total. The van der Waals surface area contributed by atoms with Crippen LogP contribution in [0.25, 0.3) is 0 Å². The SMILES string of the molecule is CCOC(=O)C(=COCCOc1cc(Cl)c(Cl)cc1Cl)Oc1ccccc1. The fraction of sp³-hybridized carbons (Fsp3) is 0.211. The molecule has 0 radical (unpaired) electrons. The van der Waals surface area contributed by atoms with Crippen molar-refractivity contribution >= 4 is 40.8 Å². The zero-order valence-electron chi connectivity index (χ0n) is 14.4. The van der Waals surface area contributed by atoms with Crippen molar-refractivity contribution in [3.8, 4) is 11.5 Å². The van der Waals surface area contributed by atoms with Crippen LogP contribution in [-0.4, -0.2) is 25.8 Å². The summed E-state index contributed by atoms with van der Waals surface area (Å²) in [7, 11) is 0. The van der Waals surface area contributed by atoms with Crippen LogP contribution in [0.1, 0.15) is 6.92 Å². The number of esters is 1. The molecule has 0 spiro atoms.